The normalized spacial score (nSPS) is 9.39. The van der Waals surface area contributed by atoms with Gasteiger partial charge in [-0.05, 0) is 5.56 Å². The molecular formula is C12H13NO5. The largest absolute Gasteiger partial charge is 0.460 e. The summed E-state index contributed by atoms with van der Waals surface area (Å²) >= 11 is 0. The zero-order valence-corrected chi connectivity index (χ0v) is 9.84. The summed E-state index contributed by atoms with van der Waals surface area (Å²) < 4.78 is 4.85. The average Bonchev–Trinajstić information content (AvgIpc) is 2.35. The van der Waals surface area contributed by atoms with E-state index >= 15 is 0 Å². The summed E-state index contributed by atoms with van der Waals surface area (Å²) in [6.07, 6.45) is -0.548. The fourth-order valence-corrected chi connectivity index (χ4v) is 1.07. The number of hydroxylamine groups is 1. The van der Waals surface area contributed by atoms with Crippen molar-refractivity contribution in [3.8, 4) is 0 Å². The predicted molar refractivity (Wildman–Crippen MR) is 60.8 cm³/mol. The van der Waals surface area contributed by atoms with Crippen LogP contribution in [0.15, 0.2) is 30.3 Å². The van der Waals surface area contributed by atoms with Crippen LogP contribution in [0.25, 0.3) is 0 Å². The minimum atomic E-state index is -0.872. The van der Waals surface area contributed by atoms with E-state index in [9.17, 15) is 14.4 Å². The second-order valence-corrected chi connectivity index (χ2v) is 3.46. The highest BCUT2D eigenvalue weighted by Crippen LogP contribution is 2.01. The van der Waals surface area contributed by atoms with E-state index in [1.165, 1.54) is 6.92 Å². The summed E-state index contributed by atoms with van der Waals surface area (Å²) in [5, 5.41) is 0. The van der Waals surface area contributed by atoms with Gasteiger partial charge in [0.05, 0.1) is 0 Å². The standard InChI is InChI=1S/C12H13NO5/c1-9(14)13-18-12(16)7-11(15)17-8-10-5-3-2-4-6-10/h2-6H,7-8H2,1H3,(H,13,14). The Morgan fingerprint density at radius 2 is 1.78 bits per heavy atom. The van der Waals surface area contributed by atoms with Crippen LogP contribution >= 0.6 is 0 Å². The van der Waals surface area contributed by atoms with Gasteiger partial charge in [0, 0.05) is 6.92 Å². The molecule has 6 nitrogen and oxygen atoms in total. The van der Waals surface area contributed by atoms with Gasteiger partial charge in [0.2, 0.25) is 5.91 Å². The van der Waals surface area contributed by atoms with Crippen molar-refractivity contribution < 1.29 is 24.0 Å². The Labute approximate surface area is 104 Å². The van der Waals surface area contributed by atoms with E-state index in [0.717, 1.165) is 5.56 Å². The summed E-state index contributed by atoms with van der Waals surface area (Å²) in [7, 11) is 0. The maximum Gasteiger partial charge on any atom is 0.343 e. The molecule has 1 N–H and O–H groups in total. The molecule has 0 bridgehead atoms. The van der Waals surface area contributed by atoms with Crippen molar-refractivity contribution in [2.45, 2.75) is 20.0 Å². The molecule has 1 aromatic carbocycles. The highest BCUT2D eigenvalue weighted by atomic mass is 16.7. The second kappa shape index (κ2) is 7.05. The van der Waals surface area contributed by atoms with E-state index in [1.807, 2.05) is 23.7 Å². The fourth-order valence-electron chi connectivity index (χ4n) is 1.07. The van der Waals surface area contributed by atoms with Crippen molar-refractivity contribution in [2.24, 2.45) is 0 Å². The van der Waals surface area contributed by atoms with E-state index in [2.05, 4.69) is 4.84 Å². The second-order valence-electron chi connectivity index (χ2n) is 3.46. The molecule has 0 unspecified atom stereocenters. The molecule has 0 radical (unpaired) electrons. The van der Waals surface area contributed by atoms with Gasteiger partial charge in [-0.15, -0.1) is 0 Å². The molecule has 0 saturated heterocycles. The Morgan fingerprint density at radius 1 is 1.11 bits per heavy atom. The van der Waals surface area contributed by atoms with Gasteiger partial charge < -0.3 is 9.57 Å². The van der Waals surface area contributed by atoms with Gasteiger partial charge >= 0.3 is 11.9 Å². The summed E-state index contributed by atoms with van der Waals surface area (Å²) in [5.41, 5.74) is 2.65. The van der Waals surface area contributed by atoms with Crippen molar-refractivity contribution in [3.05, 3.63) is 35.9 Å². The lowest BCUT2D eigenvalue weighted by molar-refractivity contribution is -0.163. The third-order valence-corrected chi connectivity index (χ3v) is 1.84. The highest BCUT2D eigenvalue weighted by molar-refractivity contribution is 5.91. The zero-order chi connectivity index (χ0) is 13.4. The maximum atomic E-state index is 11.2. The van der Waals surface area contributed by atoms with Gasteiger partial charge in [-0.25, -0.2) is 4.79 Å². The molecule has 1 amide bonds. The fraction of sp³-hybridized carbons (Fsp3) is 0.250. The van der Waals surface area contributed by atoms with E-state index in [0.29, 0.717) is 0 Å². The van der Waals surface area contributed by atoms with E-state index in [1.54, 1.807) is 12.1 Å². The highest BCUT2D eigenvalue weighted by Gasteiger charge is 2.13. The zero-order valence-electron chi connectivity index (χ0n) is 9.84. The van der Waals surface area contributed by atoms with Crippen molar-refractivity contribution in [1.82, 2.24) is 5.48 Å². The van der Waals surface area contributed by atoms with Crippen LogP contribution < -0.4 is 5.48 Å². The van der Waals surface area contributed by atoms with Crippen LogP contribution in [-0.2, 0) is 30.6 Å². The molecular weight excluding hydrogens is 238 g/mol. The number of nitrogens with one attached hydrogen (secondary N) is 1. The SMILES string of the molecule is CC(=O)NOC(=O)CC(=O)OCc1ccccc1. The number of hydrogen-bond donors (Lipinski definition) is 1. The maximum absolute atomic E-state index is 11.2. The topological polar surface area (TPSA) is 81.7 Å². The minimum absolute atomic E-state index is 0.0904. The van der Waals surface area contributed by atoms with Gasteiger partial charge in [-0.3, -0.25) is 9.59 Å². The Bertz CT molecular complexity index is 429. The number of rotatable bonds is 4. The first-order chi connectivity index (χ1) is 8.58. The first kappa shape index (κ1) is 13.7. The van der Waals surface area contributed by atoms with Gasteiger partial charge in [0.1, 0.15) is 13.0 Å². The number of benzene rings is 1. The van der Waals surface area contributed by atoms with Crippen LogP contribution in [0.3, 0.4) is 0 Å². The van der Waals surface area contributed by atoms with Gasteiger partial charge in [-0.1, -0.05) is 30.3 Å². The molecule has 6 heteroatoms. The predicted octanol–water partition coefficient (Wildman–Crippen LogP) is 0.714. The van der Waals surface area contributed by atoms with E-state index in [-0.39, 0.29) is 6.61 Å². The molecule has 0 aliphatic heterocycles. The molecule has 18 heavy (non-hydrogen) atoms. The first-order valence-electron chi connectivity index (χ1n) is 5.23. The Morgan fingerprint density at radius 3 is 2.39 bits per heavy atom. The number of esters is 1. The summed E-state index contributed by atoms with van der Waals surface area (Å²) in [6, 6.07) is 9.06. The molecule has 0 aliphatic carbocycles. The van der Waals surface area contributed by atoms with Crippen LogP contribution in [0.2, 0.25) is 0 Å². The number of hydrogen-bond acceptors (Lipinski definition) is 5. The lowest BCUT2D eigenvalue weighted by Gasteiger charge is -2.05. The molecule has 0 aliphatic rings. The lowest BCUT2D eigenvalue weighted by Crippen LogP contribution is -2.26. The van der Waals surface area contributed by atoms with E-state index in [4.69, 9.17) is 4.74 Å². The number of carbonyl (C=O) groups excluding carboxylic acids is 3. The number of ether oxygens (including phenoxy) is 1. The molecule has 0 aromatic heterocycles. The van der Waals surface area contributed by atoms with Gasteiger partial charge in [0.25, 0.3) is 0 Å². The monoisotopic (exact) mass is 251 g/mol. The van der Waals surface area contributed by atoms with Crippen molar-refractivity contribution in [3.63, 3.8) is 0 Å². The van der Waals surface area contributed by atoms with Crippen LogP contribution in [0, 0.1) is 0 Å². The molecule has 0 heterocycles. The average molecular weight is 251 g/mol. The molecule has 1 aromatic rings. The van der Waals surface area contributed by atoms with E-state index < -0.39 is 24.3 Å². The van der Waals surface area contributed by atoms with Gasteiger partial charge in [-0.2, -0.15) is 5.48 Å². The van der Waals surface area contributed by atoms with Crippen LogP contribution in [-0.4, -0.2) is 17.8 Å². The number of carbonyl (C=O) groups is 3. The van der Waals surface area contributed by atoms with Crippen molar-refractivity contribution in [1.29, 1.82) is 0 Å². The van der Waals surface area contributed by atoms with Crippen LogP contribution in [0.1, 0.15) is 18.9 Å². The molecule has 0 atom stereocenters. The van der Waals surface area contributed by atoms with Crippen molar-refractivity contribution >= 4 is 17.8 Å². The summed E-state index contributed by atoms with van der Waals surface area (Å²) in [4.78, 5) is 37.0. The van der Waals surface area contributed by atoms with Gasteiger partial charge in [0.15, 0.2) is 0 Å². The van der Waals surface area contributed by atoms with Crippen LogP contribution in [0.4, 0.5) is 0 Å². The molecule has 1 rings (SSSR count). The summed E-state index contributed by atoms with van der Waals surface area (Å²) in [6.45, 7) is 1.27. The Hall–Kier alpha value is -2.37. The number of amides is 1. The Kier molecular flexibility index (Phi) is 5.37. The Balaban J connectivity index is 2.25. The molecule has 96 valence electrons. The van der Waals surface area contributed by atoms with Crippen molar-refractivity contribution in [2.75, 3.05) is 0 Å². The minimum Gasteiger partial charge on any atom is -0.460 e. The quantitative estimate of drug-likeness (QED) is 0.484. The smallest absolute Gasteiger partial charge is 0.343 e. The molecule has 0 saturated carbocycles. The summed E-state index contributed by atoms with van der Waals surface area (Å²) in [5.74, 6) is -2.11. The third-order valence-electron chi connectivity index (χ3n) is 1.84. The van der Waals surface area contributed by atoms with Crippen LogP contribution in [0.5, 0.6) is 0 Å². The molecule has 0 fully saturated rings. The molecule has 0 spiro atoms. The first-order valence-corrected chi connectivity index (χ1v) is 5.23. The lowest BCUT2D eigenvalue weighted by atomic mass is 10.2. The third kappa shape index (κ3) is 5.64.